The van der Waals surface area contributed by atoms with Crippen LogP contribution in [0.5, 0.6) is 5.75 Å². The van der Waals surface area contributed by atoms with Crippen molar-refractivity contribution in [3.05, 3.63) is 58.6 Å². The fourth-order valence-corrected chi connectivity index (χ4v) is 3.18. The van der Waals surface area contributed by atoms with E-state index in [1.54, 1.807) is 24.3 Å². The average Bonchev–Trinajstić information content (AvgIpc) is 2.98. The lowest BCUT2D eigenvalue weighted by molar-refractivity contribution is -0.156. The molecule has 0 saturated carbocycles. The Morgan fingerprint density at radius 2 is 1.63 bits per heavy atom. The van der Waals surface area contributed by atoms with Crippen LogP contribution in [-0.4, -0.2) is 47.8 Å². The average molecular weight is 431 g/mol. The van der Waals surface area contributed by atoms with E-state index >= 15 is 0 Å². The Morgan fingerprint density at radius 3 is 2.20 bits per heavy atom. The molecule has 2 aromatic carbocycles. The molecule has 1 aliphatic rings. The van der Waals surface area contributed by atoms with E-state index in [1.165, 1.54) is 39.2 Å². The number of hydrogen-bond acceptors (Lipinski definition) is 6. The molecule has 0 aliphatic carbocycles. The molecule has 3 rings (SSSR count). The highest BCUT2D eigenvalue weighted by Crippen LogP contribution is 2.28. The number of ether oxygens (including phenoxy) is 2. The van der Waals surface area contributed by atoms with Gasteiger partial charge in [0.05, 0.1) is 23.9 Å². The Kier molecular flexibility index (Phi) is 6.07. The van der Waals surface area contributed by atoms with Gasteiger partial charge >= 0.3 is 5.97 Å². The zero-order valence-electron chi connectivity index (χ0n) is 16.5. The molecule has 30 heavy (non-hydrogen) atoms. The normalized spacial score (nSPS) is 14.7. The summed E-state index contributed by atoms with van der Waals surface area (Å²) >= 11 is 5.94. The van der Waals surface area contributed by atoms with Crippen molar-refractivity contribution >= 4 is 41.0 Å². The second-order valence-corrected chi connectivity index (χ2v) is 7.05. The minimum Gasteiger partial charge on any atom is -0.495 e. The van der Waals surface area contributed by atoms with Gasteiger partial charge < -0.3 is 14.8 Å². The molecule has 0 saturated heterocycles. The van der Waals surface area contributed by atoms with Gasteiger partial charge in [-0.3, -0.25) is 19.3 Å². The minimum atomic E-state index is -1.20. The predicted molar refractivity (Wildman–Crippen MR) is 109 cm³/mol. The summed E-state index contributed by atoms with van der Waals surface area (Å²) < 4.78 is 10.3. The van der Waals surface area contributed by atoms with Crippen LogP contribution in [0, 0.1) is 0 Å². The zero-order valence-corrected chi connectivity index (χ0v) is 17.2. The van der Waals surface area contributed by atoms with Crippen LogP contribution < -0.4 is 10.1 Å². The lowest BCUT2D eigenvalue weighted by Crippen LogP contribution is -2.45. The lowest BCUT2D eigenvalue weighted by atomic mass is 10.1. The fraction of sp³-hybridized carbons (Fsp3) is 0.238. The summed E-state index contributed by atoms with van der Waals surface area (Å²) in [5, 5.41) is 2.96. The highest BCUT2D eigenvalue weighted by Gasteiger charge is 2.41. The molecule has 0 bridgehead atoms. The van der Waals surface area contributed by atoms with Crippen LogP contribution in [0.4, 0.5) is 5.69 Å². The van der Waals surface area contributed by atoms with Crippen molar-refractivity contribution in [1.29, 1.82) is 0 Å². The third kappa shape index (κ3) is 3.99. The molecule has 0 fully saturated rings. The molecule has 8 nitrogen and oxygen atoms in total. The summed E-state index contributed by atoms with van der Waals surface area (Å²) in [7, 11) is 1.44. The number of halogens is 1. The Hall–Kier alpha value is -3.39. The van der Waals surface area contributed by atoms with E-state index in [4.69, 9.17) is 21.1 Å². The summed E-state index contributed by atoms with van der Waals surface area (Å²) in [6.07, 6.45) is -1.20. The van der Waals surface area contributed by atoms with Crippen molar-refractivity contribution in [2.75, 3.05) is 12.4 Å². The van der Waals surface area contributed by atoms with Crippen molar-refractivity contribution < 1.29 is 28.7 Å². The van der Waals surface area contributed by atoms with E-state index in [0.717, 1.165) is 4.90 Å². The van der Waals surface area contributed by atoms with Crippen LogP contribution in [-0.2, 0) is 14.3 Å². The molecule has 9 heteroatoms. The van der Waals surface area contributed by atoms with Gasteiger partial charge in [0.25, 0.3) is 17.7 Å². The van der Waals surface area contributed by atoms with Crippen LogP contribution in [0.25, 0.3) is 0 Å². The Balaban J connectivity index is 1.67. The van der Waals surface area contributed by atoms with Crippen molar-refractivity contribution in [2.24, 2.45) is 0 Å². The Labute approximate surface area is 177 Å². The first-order chi connectivity index (χ1) is 14.2. The van der Waals surface area contributed by atoms with Crippen LogP contribution >= 0.6 is 11.6 Å². The van der Waals surface area contributed by atoms with Gasteiger partial charge in [0, 0.05) is 5.02 Å². The second kappa shape index (κ2) is 8.54. The van der Waals surface area contributed by atoms with Crippen molar-refractivity contribution in [3.8, 4) is 5.75 Å². The molecule has 0 radical (unpaired) electrons. The first-order valence-electron chi connectivity index (χ1n) is 9.06. The number of nitrogens with zero attached hydrogens (tertiary/aromatic N) is 1. The van der Waals surface area contributed by atoms with Crippen molar-refractivity contribution in [3.63, 3.8) is 0 Å². The topological polar surface area (TPSA) is 102 Å². The standard InChI is InChI=1S/C21H19ClN2O6/c1-11(24-19(26)14-6-4-5-7-15(14)20(24)27)21(28)30-12(2)18(25)23-16-10-13(22)8-9-17(16)29-3/h4-12H,1-3H3,(H,23,25)/t11-,12+/m0/s1. The maximum Gasteiger partial charge on any atom is 0.329 e. The third-order valence-corrected chi connectivity index (χ3v) is 4.87. The number of anilines is 1. The molecular formula is C21H19ClN2O6. The largest absolute Gasteiger partial charge is 0.495 e. The van der Waals surface area contributed by atoms with Crippen molar-refractivity contribution in [1.82, 2.24) is 4.90 Å². The molecule has 156 valence electrons. The number of methoxy groups -OCH3 is 1. The SMILES string of the molecule is COc1ccc(Cl)cc1NC(=O)[C@@H](C)OC(=O)[C@H](C)N1C(=O)c2ccccc2C1=O. The molecule has 1 N–H and O–H groups in total. The number of imide groups is 1. The number of benzene rings is 2. The fourth-order valence-electron chi connectivity index (χ4n) is 3.00. The molecule has 2 aromatic rings. The second-order valence-electron chi connectivity index (χ2n) is 6.61. The van der Waals surface area contributed by atoms with Gasteiger partial charge in [-0.15, -0.1) is 0 Å². The van der Waals surface area contributed by atoms with Crippen LogP contribution in [0.3, 0.4) is 0 Å². The molecule has 0 aromatic heterocycles. The predicted octanol–water partition coefficient (Wildman–Crippen LogP) is 2.90. The Morgan fingerprint density at radius 1 is 1.03 bits per heavy atom. The van der Waals surface area contributed by atoms with E-state index in [2.05, 4.69) is 5.32 Å². The number of amides is 3. The van der Waals surface area contributed by atoms with E-state index in [9.17, 15) is 19.2 Å². The maximum absolute atomic E-state index is 12.5. The molecular weight excluding hydrogens is 412 g/mol. The highest BCUT2D eigenvalue weighted by atomic mass is 35.5. The third-order valence-electron chi connectivity index (χ3n) is 4.64. The highest BCUT2D eigenvalue weighted by molar-refractivity contribution is 6.31. The number of hydrogen-bond donors (Lipinski definition) is 1. The zero-order chi connectivity index (χ0) is 22.0. The molecule has 2 atom stereocenters. The number of carbonyl (C=O) groups is 4. The van der Waals surface area contributed by atoms with Gasteiger partial charge in [-0.05, 0) is 44.2 Å². The van der Waals surface area contributed by atoms with Crippen molar-refractivity contribution in [2.45, 2.75) is 26.0 Å². The number of fused-ring (bicyclic) bond motifs is 1. The summed E-state index contributed by atoms with van der Waals surface area (Å²) in [6, 6.07) is 9.77. The van der Waals surface area contributed by atoms with E-state index in [1.807, 2.05) is 0 Å². The molecule has 1 aliphatic heterocycles. The number of rotatable bonds is 6. The van der Waals surface area contributed by atoms with Gasteiger partial charge in [0.1, 0.15) is 11.8 Å². The number of carbonyl (C=O) groups excluding carboxylic acids is 4. The van der Waals surface area contributed by atoms with Crippen LogP contribution in [0.1, 0.15) is 34.6 Å². The first-order valence-corrected chi connectivity index (χ1v) is 9.44. The van der Waals surface area contributed by atoms with Gasteiger partial charge in [0.2, 0.25) is 0 Å². The number of nitrogens with one attached hydrogen (secondary N) is 1. The Bertz CT molecular complexity index is 1000. The molecule has 0 spiro atoms. The van der Waals surface area contributed by atoms with Gasteiger partial charge in [-0.1, -0.05) is 23.7 Å². The first kappa shape index (κ1) is 21.3. The molecule has 3 amide bonds. The van der Waals surface area contributed by atoms with Crippen LogP contribution in [0.15, 0.2) is 42.5 Å². The smallest absolute Gasteiger partial charge is 0.329 e. The quantitative estimate of drug-likeness (QED) is 0.558. The van der Waals surface area contributed by atoms with Crippen LogP contribution in [0.2, 0.25) is 5.02 Å². The van der Waals surface area contributed by atoms with Gasteiger partial charge in [0.15, 0.2) is 6.10 Å². The molecule has 0 unspecified atom stereocenters. The van der Waals surface area contributed by atoms with E-state index in [-0.39, 0.29) is 11.1 Å². The summed E-state index contributed by atoms with van der Waals surface area (Å²) in [5.41, 5.74) is 0.758. The number of esters is 1. The van der Waals surface area contributed by atoms with Gasteiger partial charge in [-0.25, -0.2) is 4.79 Å². The van der Waals surface area contributed by atoms with Gasteiger partial charge in [-0.2, -0.15) is 0 Å². The summed E-state index contributed by atoms with van der Waals surface area (Å²) in [4.78, 5) is 50.8. The monoisotopic (exact) mass is 430 g/mol. The van der Waals surface area contributed by atoms with E-state index < -0.39 is 35.8 Å². The summed E-state index contributed by atoms with van der Waals surface area (Å²) in [5.74, 6) is -2.30. The summed E-state index contributed by atoms with van der Waals surface area (Å²) in [6.45, 7) is 2.74. The lowest BCUT2D eigenvalue weighted by Gasteiger charge is -2.23. The molecule has 1 heterocycles. The minimum absolute atomic E-state index is 0.223. The maximum atomic E-state index is 12.5. The van der Waals surface area contributed by atoms with E-state index in [0.29, 0.717) is 16.5 Å².